The van der Waals surface area contributed by atoms with Gasteiger partial charge in [-0.3, -0.25) is 4.79 Å². The van der Waals surface area contributed by atoms with Crippen LogP contribution in [-0.2, 0) is 14.8 Å². The Hall–Kier alpha value is -4.27. The minimum absolute atomic E-state index is 0.172. The van der Waals surface area contributed by atoms with Crippen LogP contribution in [0.15, 0.2) is 102 Å². The zero-order valence-electron chi connectivity index (χ0n) is 23.5. The molecule has 4 aromatic carbocycles. The van der Waals surface area contributed by atoms with Crippen LogP contribution in [0.25, 0.3) is 27.6 Å². The maximum atomic E-state index is 13.8. The zero-order valence-corrected chi connectivity index (χ0v) is 24.4. The molecule has 1 aromatic heterocycles. The van der Waals surface area contributed by atoms with Gasteiger partial charge in [0.25, 0.3) is 0 Å². The summed E-state index contributed by atoms with van der Waals surface area (Å²) in [6.45, 7) is 5.81. The van der Waals surface area contributed by atoms with Gasteiger partial charge >= 0.3 is 0 Å². The predicted molar refractivity (Wildman–Crippen MR) is 165 cm³/mol. The third kappa shape index (κ3) is 5.94. The molecule has 0 bridgehead atoms. The van der Waals surface area contributed by atoms with E-state index in [9.17, 15) is 13.2 Å². The summed E-state index contributed by atoms with van der Waals surface area (Å²) in [7, 11) is -3.93. The smallest absolute Gasteiger partial charge is 0.243 e. The molecule has 5 aromatic rings. The monoisotopic (exact) mass is 566 g/mol. The summed E-state index contributed by atoms with van der Waals surface area (Å²) in [5.41, 5.74) is 4.28. The van der Waals surface area contributed by atoms with Gasteiger partial charge in [0.05, 0.1) is 22.8 Å². The van der Waals surface area contributed by atoms with Crippen LogP contribution in [0.1, 0.15) is 31.0 Å². The van der Waals surface area contributed by atoms with Gasteiger partial charge in [-0.2, -0.15) is 9.40 Å². The molecule has 0 radical (unpaired) electrons. The quantitative estimate of drug-likeness (QED) is 0.203. The normalized spacial score (nSPS) is 11.7. The molecule has 0 spiro atoms. The van der Waals surface area contributed by atoms with Gasteiger partial charge in [0.15, 0.2) is 0 Å². The van der Waals surface area contributed by atoms with Crippen LogP contribution in [0.4, 0.5) is 5.82 Å². The van der Waals surface area contributed by atoms with E-state index >= 15 is 0 Å². The highest BCUT2D eigenvalue weighted by atomic mass is 32.2. The van der Waals surface area contributed by atoms with E-state index in [4.69, 9.17) is 5.10 Å². The fourth-order valence-corrected chi connectivity index (χ4v) is 6.47. The van der Waals surface area contributed by atoms with Gasteiger partial charge in [-0.05, 0) is 60.4 Å². The average Bonchev–Trinajstić information content (AvgIpc) is 3.30. The fraction of sp³-hybridized carbons (Fsp3) is 0.212. The molecule has 7 nitrogen and oxygen atoms in total. The summed E-state index contributed by atoms with van der Waals surface area (Å²) in [6.07, 6.45) is 1.43. The van der Waals surface area contributed by atoms with E-state index in [0.717, 1.165) is 45.3 Å². The topological polar surface area (TPSA) is 84.3 Å². The van der Waals surface area contributed by atoms with Crippen LogP contribution < -0.4 is 5.32 Å². The van der Waals surface area contributed by atoms with Crippen molar-refractivity contribution in [3.63, 3.8) is 0 Å². The number of carbonyl (C=O) groups excluding carboxylic acids is 1. The van der Waals surface area contributed by atoms with Crippen molar-refractivity contribution >= 4 is 32.5 Å². The Balaban J connectivity index is 1.51. The first kappa shape index (κ1) is 28.3. The molecule has 1 N–H and O–H groups in total. The number of sulfonamides is 1. The predicted octanol–water partition coefficient (Wildman–Crippen LogP) is 6.74. The number of benzene rings is 4. The lowest BCUT2D eigenvalue weighted by atomic mass is 10.1. The number of aryl methyl sites for hydroxylation is 2. The van der Waals surface area contributed by atoms with E-state index in [-0.39, 0.29) is 18.0 Å². The van der Waals surface area contributed by atoms with Crippen molar-refractivity contribution in [2.24, 2.45) is 0 Å². The number of aromatic nitrogens is 2. The third-order valence-corrected chi connectivity index (χ3v) is 9.01. The van der Waals surface area contributed by atoms with Gasteiger partial charge in [0.1, 0.15) is 5.82 Å². The summed E-state index contributed by atoms with van der Waals surface area (Å²) in [5, 5.41) is 9.62. The first-order valence-corrected chi connectivity index (χ1v) is 15.2. The fourth-order valence-electron chi connectivity index (χ4n) is 5.00. The molecule has 8 heteroatoms. The highest BCUT2D eigenvalue weighted by Crippen LogP contribution is 2.34. The minimum atomic E-state index is -3.93. The van der Waals surface area contributed by atoms with Gasteiger partial charge in [-0.1, -0.05) is 92.2 Å². The Morgan fingerprint density at radius 3 is 2.29 bits per heavy atom. The summed E-state index contributed by atoms with van der Waals surface area (Å²) in [5.74, 6) is 0.0731. The second-order valence-corrected chi connectivity index (χ2v) is 12.1. The number of anilines is 1. The Kier molecular flexibility index (Phi) is 8.33. The van der Waals surface area contributed by atoms with Gasteiger partial charge in [0, 0.05) is 12.1 Å². The number of unbranched alkanes of at least 4 members (excludes halogenated alkanes) is 1. The van der Waals surface area contributed by atoms with E-state index in [1.165, 1.54) is 4.31 Å². The molecule has 0 aliphatic rings. The molecule has 1 heterocycles. The third-order valence-electron chi connectivity index (χ3n) is 7.16. The van der Waals surface area contributed by atoms with Gasteiger partial charge in [0.2, 0.25) is 15.9 Å². The first-order valence-electron chi connectivity index (χ1n) is 13.8. The van der Waals surface area contributed by atoms with Crippen molar-refractivity contribution in [1.82, 2.24) is 14.1 Å². The van der Waals surface area contributed by atoms with Gasteiger partial charge in [-0.25, -0.2) is 13.1 Å². The number of amides is 1. The van der Waals surface area contributed by atoms with E-state index in [0.29, 0.717) is 12.2 Å². The van der Waals surface area contributed by atoms with Crippen LogP contribution in [0.2, 0.25) is 0 Å². The molecule has 0 saturated carbocycles. The molecule has 0 aliphatic carbocycles. The Labute approximate surface area is 241 Å². The van der Waals surface area contributed by atoms with Crippen LogP contribution >= 0.6 is 0 Å². The van der Waals surface area contributed by atoms with E-state index in [1.54, 1.807) is 22.9 Å². The Morgan fingerprint density at radius 1 is 0.878 bits per heavy atom. The highest BCUT2D eigenvalue weighted by Gasteiger charge is 2.28. The number of para-hydroxylation sites is 1. The zero-order chi connectivity index (χ0) is 29.0. The van der Waals surface area contributed by atoms with E-state index < -0.39 is 15.9 Å². The standard InChI is InChI=1S/C33H34N4O3S/c1-4-5-21-36(41(39,40)29-20-19-26-14-10-11-17-28(26)22-29)23-31(38)34-33-32(27-15-7-6-8-16-27)25(3)35-37(33)30-18-12-9-13-24(30)2/h6-20,22H,4-5,21,23H2,1-3H3,(H,34,38). The Morgan fingerprint density at radius 2 is 1.56 bits per heavy atom. The lowest BCUT2D eigenvalue weighted by Gasteiger charge is -2.22. The number of hydrogen-bond donors (Lipinski definition) is 1. The lowest BCUT2D eigenvalue weighted by molar-refractivity contribution is -0.116. The molecular weight excluding hydrogens is 532 g/mol. The number of hydrogen-bond acceptors (Lipinski definition) is 4. The first-order chi connectivity index (χ1) is 19.8. The maximum Gasteiger partial charge on any atom is 0.243 e. The highest BCUT2D eigenvalue weighted by molar-refractivity contribution is 7.89. The minimum Gasteiger partial charge on any atom is -0.309 e. The number of fused-ring (bicyclic) bond motifs is 1. The second kappa shape index (κ2) is 12.1. The summed E-state index contributed by atoms with van der Waals surface area (Å²) >= 11 is 0. The summed E-state index contributed by atoms with van der Waals surface area (Å²) < 4.78 is 30.7. The molecule has 0 unspecified atom stereocenters. The van der Waals surface area contributed by atoms with Crippen molar-refractivity contribution in [2.45, 2.75) is 38.5 Å². The SMILES string of the molecule is CCCCN(CC(=O)Nc1c(-c2ccccc2)c(C)nn1-c1ccccc1C)S(=O)(=O)c1ccc2ccccc2c1. The van der Waals surface area contributed by atoms with Crippen LogP contribution in [0.5, 0.6) is 0 Å². The largest absolute Gasteiger partial charge is 0.309 e. The Bertz CT molecular complexity index is 1800. The summed E-state index contributed by atoms with van der Waals surface area (Å²) in [4.78, 5) is 13.9. The van der Waals surface area contributed by atoms with Gasteiger partial charge < -0.3 is 5.32 Å². The molecule has 0 fully saturated rings. The average molecular weight is 567 g/mol. The molecule has 0 atom stereocenters. The second-order valence-electron chi connectivity index (χ2n) is 10.1. The molecular formula is C33H34N4O3S. The van der Waals surface area contributed by atoms with Crippen molar-refractivity contribution in [2.75, 3.05) is 18.4 Å². The lowest BCUT2D eigenvalue weighted by Crippen LogP contribution is -2.39. The van der Waals surface area contributed by atoms with E-state index in [1.807, 2.05) is 99.6 Å². The number of nitrogens with one attached hydrogen (secondary N) is 1. The summed E-state index contributed by atoms with van der Waals surface area (Å²) in [6, 6.07) is 30.3. The molecule has 0 aliphatic heterocycles. The van der Waals surface area contributed by atoms with Crippen LogP contribution in [-0.4, -0.2) is 41.5 Å². The van der Waals surface area contributed by atoms with Crippen LogP contribution in [0.3, 0.4) is 0 Å². The van der Waals surface area contributed by atoms with E-state index in [2.05, 4.69) is 5.32 Å². The molecule has 1 amide bonds. The van der Waals surface area contributed by atoms with Crippen molar-refractivity contribution in [3.8, 4) is 16.8 Å². The van der Waals surface area contributed by atoms with Crippen molar-refractivity contribution in [1.29, 1.82) is 0 Å². The molecule has 210 valence electrons. The number of rotatable bonds is 10. The molecule has 41 heavy (non-hydrogen) atoms. The molecule has 5 rings (SSSR count). The maximum absolute atomic E-state index is 13.8. The molecule has 0 saturated heterocycles. The van der Waals surface area contributed by atoms with Crippen LogP contribution in [0, 0.1) is 13.8 Å². The number of carbonyl (C=O) groups is 1. The van der Waals surface area contributed by atoms with Crippen molar-refractivity contribution in [3.05, 3.63) is 108 Å². The van der Waals surface area contributed by atoms with Gasteiger partial charge in [-0.15, -0.1) is 0 Å². The number of nitrogens with zero attached hydrogens (tertiary/aromatic N) is 3. The van der Waals surface area contributed by atoms with Crippen molar-refractivity contribution < 1.29 is 13.2 Å².